The number of oxazole rings is 1. The Morgan fingerprint density at radius 2 is 2.15 bits per heavy atom. The molecule has 2 aromatic rings. The lowest BCUT2D eigenvalue weighted by Gasteiger charge is -2.15. The third kappa shape index (κ3) is 3.45. The molecule has 5 heteroatoms. The van der Waals surface area contributed by atoms with Crippen molar-refractivity contribution in [3.63, 3.8) is 0 Å². The van der Waals surface area contributed by atoms with Crippen molar-refractivity contribution >= 4 is 5.91 Å². The highest BCUT2D eigenvalue weighted by molar-refractivity contribution is 5.94. The molecule has 0 aliphatic heterocycles. The Morgan fingerprint density at radius 3 is 2.70 bits per heavy atom. The second-order valence-electron chi connectivity index (χ2n) is 4.53. The average molecular weight is 274 g/mol. The van der Waals surface area contributed by atoms with E-state index in [0.717, 1.165) is 12.0 Å². The molecule has 0 aliphatic carbocycles. The van der Waals surface area contributed by atoms with Gasteiger partial charge < -0.3 is 14.8 Å². The lowest BCUT2D eigenvalue weighted by Crippen LogP contribution is -2.35. The fourth-order valence-corrected chi connectivity index (χ4v) is 1.95. The fourth-order valence-electron chi connectivity index (χ4n) is 1.95. The van der Waals surface area contributed by atoms with Gasteiger partial charge in [-0.2, -0.15) is 0 Å². The van der Waals surface area contributed by atoms with Crippen molar-refractivity contribution in [1.29, 1.82) is 0 Å². The maximum atomic E-state index is 12.1. The molecular formula is C15H18N2O3. The third-order valence-corrected chi connectivity index (χ3v) is 3.17. The summed E-state index contributed by atoms with van der Waals surface area (Å²) in [5.41, 5.74) is 1.46. The molecule has 2 rings (SSSR count). The average Bonchev–Trinajstić information content (AvgIpc) is 3.01. The minimum absolute atomic E-state index is 0.00134. The van der Waals surface area contributed by atoms with Crippen molar-refractivity contribution in [2.45, 2.75) is 25.8 Å². The summed E-state index contributed by atoms with van der Waals surface area (Å²) < 4.78 is 5.19. The van der Waals surface area contributed by atoms with Gasteiger partial charge in [-0.25, -0.2) is 4.98 Å². The van der Waals surface area contributed by atoms with Crippen molar-refractivity contribution < 1.29 is 14.3 Å². The lowest BCUT2D eigenvalue weighted by molar-refractivity contribution is 0.0929. The number of hydrogen-bond acceptors (Lipinski definition) is 4. The first-order valence-electron chi connectivity index (χ1n) is 6.65. The second-order valence-corrected chi connectivity index (χ2v) is 4.53. The largest absolute Gasteiger partial charge is 0.444 e. The van der Waals surface area contributed by atoms with Gasteiger partial charge in [-0.05, 0) is 25.0 Å². The summed E-state index contributed by atoms with van der Waals surface area (Å²) in [6, 6.07) is 7.14. The molecule has 20 heavy (non-hydrogen) atoms. The lowest BCUT2D eigenvalue weighted by atomic mass is 10.1. The van der Waals surface area contributed by atoms with Crippen LogP contribution in [-0.4, -0.2) is 28.6 Å². The van der Waals surface area contributed by atoms with E-state index in [1.54, 1.807) is 18.3 Å². The van der Waals surface area contributed by atoms with E-state index in [-0.39, 0.29) is 18.6 Å². The summed E-state index contributed by atoms with van der Waals surface area (Å²) in [7, 11) is 0. The highest BCUT2D eigenvalue weighted by atomic mass is 16.3. The molecule has 0 radical (unpaired) electrons. The fraction of sp³-hybridized carbons (Fsp3) is 0.333. The van der Waals surface area contributed by atoms with Crippen LogP contribution in [0.5, 0.6) is 0 Å². The number of aromatic nitrogens is 1. The SMILES string of the molecule is CCC(CCO)NC(=O)c1ccc(-c2cnco2)cc1. The van der Waals surface area contributed by atoms with E-state index in [4.69, 9.17) is 9.52 Å². The minimum Gasteiger partial charge on any atom is -0.444 e. The molecule has 0 aliphatic rings. The van der Waals surface area contributed by atoms with Crippen LogP contribution in [0.2, 0.25) is 0 Å². The van der Waals surface area contributed by atoms with Gasteiger partial charge in [-0.1, -0.05) is 19.1 Å². The minimum atomic E-state index is -0.130. The van der Waals surface area contributed by atoms with Crippen LogP contribution in [-0.2, 0) is 0 Å². The first kappa shape index (κ1) is 14.3. The van der Waals surface area contributed by atoms with Gasteiger partial charge in [0.15, 0.2) is 12.2 Å². The molecule has 1 unspecified atom stereocenters. The van der Waals surface area contributed by atoms with Crippen LogP contribution in [0.15, 0.2) is 41.3 Å². The van der Waals surface area contributed by atoms with E-state index >= 15 is 0 Å². The Hall–Kier alpha value is -2.14. The van der Waals surface area contributed by atoms with Crippen molar-refractivity contribution in [2.75, 3.05) is 6.61 Å². The number of nitrogens with one attached hydrogen (secondary N) is 1. The van der Waals surface area contributed by atoms with Crippen LogP contribution >= 0.6 is 0 Å². The van der Waals surface area contributed by atoms with Crippen molar-refractivity contribution in [2.24, 2.45) is 0 Å². The molecule has 1 aromatic carbocycles. The number of amides is 1. The van der Waals surface area contributed by atoms with E-state index in [0.29, 0.717) is 17.7 Å². The zero-order valence-corrected chi connectivity index (χ0v) is 11.4. The molecule has 0 bridgehead atoms. The highest BCUT2D eigenvalue weighted by Gasteiger charge is 2.12. The third-order valence-electron chi connectivity index (χ3n) is 3.17. The predicted molar refractivity (Wildman–Crippen MR) is 75.2 cm³/mol. The first-order chi connectivity index (χ1) is 9.74. The number of benzene rings is 1. The van der Waals surface area contributed by atoms with Crippen molar-refractivity contribution in [1.82, 2.24) is 10.3 Å². The molecule has 1 amide bonds. The van der Waals surface area contributed by atoms with Crippen molar-refractivity contribution in [3.8, 4) is 11.3 Å². The maximum absolute atomic E-state index is 12.1. The van der Waals surface area contributed by atoms with Crippen LogP contribution in [0.25, 0.3) is 11.3 Å². The molecule has 0 fully saturated rings. The maximum Gasteiger partial charge on any atom is 0.251 e. The van der Waals surface area contributed by atoms with Crippen LogP contribution < -0.4 is 5.32 Å². The summed E-state index contributed by atoms with van der Waals surface area (Å²) in [5, 5.41) is 11.8. The smallest absolute Gasteiger partial charge is 0.251 e. The second kappa shape index (κ2) is 6.86. The first-order valence-corrected chi connectivity index (χ1v) is 6.65. The quantitative estimate of drug-likeness (QED) is 0.847. The Bertz CT molecular complexity index is 535. The Morgan fingerprint density at radius 1 is 1.40 bits per heavy atom. The topological polar surface area (TPSA) is 75.4 Å². The van der Waals surface area contributed by atoms with E-state index in [1.165, 1.54) is 6.39 Å². The zero-order valence-electron chi connectivity index (χ0n) is 11.4. The van der Waals surface area contributed by atoms with Crippen LogP contribution in [0.1, 0.15) is 30.1 Å². The molecule has 106 valence electrons. The summed E-state index contributed by atoms with van der Waals surface area (Å²) in [5.74, 6) is 0.540. The van der Waals surface area contributed by atoms with Crippen LogP contribution in [0.4, 0.5) is 0 Å². The standard InChI is InChI=1S/C15H18N2O3/c1-2-13(7-8-18)17-15(19)12-5-3-11(4-6-12)14-9-16-10-20-14/h3-6,9-10,13,18H,2,7-8H2,1H3,(H,17,19). The number of rotatable bonds is 6. The molecule has 1 heterocycles. The summed E-state index contributed by atoms with van der Waals surface area (Å²) in [4.78, 5) is 15.9. The van der Waals surface area contributed by atoms with Gasteiger partial charge in [0.1, 0.15) is 0 Å². The van der Waals surface area contributed by atoms with Crippen molar-refractivity contribution in [3.05, 3.63) is 42.4 Å². The van der Waals surface area contributed by atoms with Gasteiger partial charge >= 0.3 is 0 Å². The van der Waals surface area contributed by atoms with Crippen LogP contribution in [0, 0.1) is 0 Å². The number of hydrogen-bond donors (Lipinski definition) is 2. The molecular weight excluding hydrogens is 256 g/mol. The number of carbonyl (C=O) groups is 1. The van der Waals surface area contributed by atoms with E-state index in [2.05, 4.69) is 10.3 Å². The number of carbonyl (C=O) groups excluding carboxylic acids is 1. The van der Waals surface area contributed by atoms with Gasteiger partial charge in [-0.3, -0.25) is 4.79 Å². The molecule has 5 nitrogen and oxygen atoms in total. The van der Waals surface area contributed by atoms with Gasteiger partial charge in [0, 0.05) is 23.8 Å². The number of nitrogens with zero attached hydrogens (tertiary/aromatic N) is 1. The van der Waals surface area contributed by atoms with E-state index < -0.39 is 0 Å². The van der Waals surface area contributed by atoms with E-state index in [1.807, 2.05) is 19.1 Å². The molecule has 0 saturated heterocycles. The number of aliphatic hydroxyl groups is 1. The number of aliphatic hydroxyl groups excluding tert-OH is 1. The predicted octanol–water partition coefficient (Wildman–Crippen LogP) is 2.23. The molecule has 0 spiro atoms. The Labute approximate surface area is 117 Å². The monoisotopic (exact) mass is 274 g/mol. The molecule has 1 aromatic heterocycles. The molecule has 2 N–H and O–H groups in total. The van der Waals surface area contributed by atoms with Crippen LogP contribution in [0.3, 0.4) is 0 Å². The Kier molecular flexibility index (Phi) is 4.90. The van der Waals surface area contributed by atoms with Gasteiger partial charge in [0.2, 0.25) is 0 Å². The summed E-state index contributed by atoms with van der Waals surface area (Å²) in [6.45, 7) is 2.05. The van der Waals surface area contributed by atoms with E-state index in [9.17, 15) is 4.79 Å². The highest BCUT2D eigenvalue weighted by Crippen LogP contribution is 2.18. The zero-order chi connectivity index (χ0) is 14.4. The Balaban J connectivity index is 2.04. The van der Waals surface area contributed by atoms with Gasteiger partial charge in [0.05, 0.1) is 6.20 Å². The summed E-state index contributed by atoms with van der Waals surface area (Å²) in [6.07, 6.45) is 4.36. The van der Waals surface area contributed by atoms with Gasteiger partial charge in [-0.15, -0.1) is 0 Å². The summed E-state index contributed by atoms with van der Waals surface area (Å²) >= 11 is 0. The molecule has 0 saturated carbocycles. The molecule has 1 atom stereocenters. The normalized spacial score (nSPS) is 12.1. The van der Waals surface area contributed by atoms with Gasteiger partial charge in [0.25, 0.3) is 5.91 Å².